The van der Waals surface area contributed by atoms with Gasteiger partial charge < -0.3 is 0 Å². The zero-order chi connectivity index (χ0) is 10.5. The molecule has 0 saturated heterocycles. The van der Waals surface area contributed by atoms with E-state index in [1.54, 1.807) is 6.92 Å². The van der Waals surface area contributed by atoms with E-state index in [0.29, 0.717) is 12.8 Å². The largest absolute Gasteiger partial charge is 0.305 e. The molecule has 0 amide bonds. The van der Waals surface area contributed by atoms with Crippen LogP contribution < -0.4 is 0 Å². The van der Waals surface area contributed by atoms with Gasteiger partial charge in [-0.2, -0.15) is 8.42 Å². The van der Waals surface area contributed by atoms with E-state index in [4.69, 9.17) is 0 Å². The third kappa shape index (κ3) is 4.47. The Morgan fingerprint density at radius 3 is 2.23 bits per heavy atom. The maximum absolute atomic E-state index is 12.3. The average Bonchev–Trinajstić information content (AvgIpc) is 2.03. The Balaban J connectivity index is 4.08. The van der Waals surface area contributed by atoms with Gasteiger partial charge in [0.15, 0.2) is 0 Å². The molecule has 13 heavy (non-hydrogen) atoms. The van der Waals surface area contributed by atoms with Gasteiger partial charge in [-0.25, -0.2) is 13.2 Å². The highest BCUT2D eigenvalue weighted by atomic mass is 32.2. The molecule has 3 nitrogen and oxygen atoms in total. The van der Waals surface area contributed by atoms with Gasteiger partial charge in [-0.15, -0.1) is 0 Å². The van der Waals surface area contributed by atoms with Crippen LogP contribution in [0, 0.1) is 0 Å². The standard InChI is InChI=1S/C6H11F3O3S/c1-2-3-4-12-13(10,11)6(9)5(7)8/h5-6H,2-4H2,1H3. The Kier molecular flexibility index (Phi) is 5.31. The maximum Gasteiger partial charge on any atom is 0.305 e. The SMILES string of the molecule is CCCCOS(=O)(=O)C(F)C(F)F. The summed E-state index contributed by atoms with van der Waals surface area (Å²) in [5.74, 6) is 0. The van der Waals surface area contributed by atoms with Crippen LogP contribution in [0.4, 0.5) is 13.2 Å². The van der Waals surface area contributed by atoms with Crippen molar-refractivity contribution < 1.29 is 25.8 Å². The molecule has 0 heterocycles. The monoisotopic (exact) mass is 220 g/mol. The molecule has 80 valence electrons. The Bertz CT molecular complexity index is 227. The Labute approximate surface area is 75.0 Å². The number of alkyl halides is 3. The summed E-state index contributed by atoms with van der Waals surface area (Å²) in [5.41, 5.74) is -3.25. The van der Waals surface area contributed by atoms with Crippen LogP contribution in [0.5, 0.6) is 0 Å². The molecule has 0 aliphatic rings. The van der Waals surface area contributed by atoms with Crippen molar-refractivity contribution in [3.8, 4) is 0 Å². The van der Waals surface area contributed by atoms with Gasteiger partial charge in [0.2, 0.25) is 0 Å². The fourth-order valence-electron chi connectivity index (χ4n) is 0.510. The van der Waals surface area contributed by atoms with E-state index in [1.165, 1.54) is 0 Å². The molecule has 0 rings (SSSR count). The molecule has 0 aromatic rings. The molecule has 0 aliphatic heterocycles. The Morgan fingerprint density at radius 2 is 1.85 bits per heavy atom. The molecule has 1 unspecified atom stereocenters. The highest BCUT2D eigenvalue weighted by Gasteiger charge is 2.34. The summed E-state index contributed by atoms with van der Waals surface area (Å²) in [4.78, 5) is 0. The lowest BCUT2D eigenvalue weighted by Gasteiger charge is -2.08. The average molecular weight is 220 g/mol. The lowest BCUT2D eigenvalue weighted by Crippen LogP contribution is -2.26. The van der Waals surface area contributed by atoms with E-state index < -0.39 is 22.0 Å². The van der Waals surface area contributed by atoms with Crippen LogP contribution in [0.1, 0.15) is 19.8 Å². The van der Waals surface area contributed by atoms with Crippen molar-refractivity contribution >= 4 is 10.1 Å². The van der Waals surface area contributed by atoms with Crippen molar-refractivity contribution in [3.63, 3.8) is 0 Å². The molecule has 0 spiro atoms. The van der Waals surface area contributed by atoms with Gasteiger partial charge in [0, 0.05) is 0 Å². The zero-order valence-electron chi connectivity index (χ0n) is 7.04. The second-order valence-electron chi connectivity index (χ2n) is 2.35. The first kappa shape index (κ1) is 12.7. The molecule has 7 heteroatoms. The first-order chi connectivity index (χ1) is 5.91. The predicted octanol–water partition coefficient (Wildman–Crippen LogP) is 1.69. The Hall–Kier alpha value is -0.300. The van der Waals surface area contributed by atoms with E-state index in [9.17, 15) is 21.6 Å². The maximum atomic E-state index is 12.3. The van der Waals surface area contributed by atoms with E-state index in [1.807, 2.05) is 0 Å². The van der Waals surface area contributed by atoms with Crippen molar-refractivity contribution in [3.05, 3.63) is 0 Å². The molecule has 0 saturated carbocycles. The second kappa shape index (κ2) is 5.43. The highest BCUT2D eigenvalue weighted by Crippen LogP contribution is 2.14. The first-order valence-corrected chi connectivity index (χ1v) is 5.19. The van der Waals surface area contributed by atoms with Crippen LogP contribution in [0.15, 0.2) is 0 Å². The van der Waals surface area contributed by atoms with Gasteiger partial charge in [0.05, 0.1) is 6.61 Å². The third-order valence-corrected chi connectivity index (χ3v) is 2.47. The van der Waals surface area contributed by atoms with Crippen LogP contribution in [0.3, 0.4) is 0 Å². The molecule has 0 aliphatic carbocycles. The third-order valence-electron chi connectivity index (χ3n) is 1.22. The molecule has 0 radical (unpaired) electrons. The summed E-state index contributed by atoms with van der Waals surface area (Å²) in [7, 11) is -4.75. The molecule has 0 aromatic heterocycles. The normalized spacial score (nSPS) is 14.8. The summed E-state index contributed by atoms with van der Waals surface area (Å²) in [6.07, 6.45) is -2.54. The number of unbranched alkanes of at least 4 members (excludes halogenated alkanes) is 1. The topological polar surface area (TPSA) is 43.4 Å². The van der Waals surface area contributed by atoms with Crippen LogP contribution >= 0.6 is 0 Å². The van der Waals surface area contributed by atoms with Gasteiger partial charge in [-0.1, -0.05) is 13.3 Å². The predicted molar refractivity (Wildman–Crippen MR) is 40.7 cm³/mol. The van der Waals surface area contributed by atoms with Crippen molar-refractivity contribution in [2.75, 3.05) is 6.61 Å². The van der Waals surface area contributed by atoms with Crippen LogP contribution in [0.25, 0.3) is 0 Å². The van der Waals surface area contributed by atoms with Crippen LogP contribution in [-0.4, -0.2) is 27.0 Å². The Morgan fingerprint density at radius 1 is 1.31 bits per heavy atom. The number of halogens is 3. The molecular formula is C6H11F3O3S. The van der Waals surface area contributed by atoms with Crippen LogP contribution in [-0.2, 0) is 14.3 Å². The van der Waals surface area contributed by atoms with Gasteiger partial charge in [-0.05, 0) is 6.42 Å². The van der Waals surface area contributed by atoms with E-state index in [-0.39, 0.29) is 6.61 Å². The summed E-state index contributed by atoms with van der Waals surface area (Å²) < 4.78 is 60.6. The number of rotatable bonds is 6. The fraction of sp³-hybridized carbons (Fsp3) is 1.00. The lowest BCUT2D eigenvalue weighted by molar-refractivity contribution is 0.0825. The smallest absolute Gasteiger partial charge is 0.268 e. The minimum absolute atomic E-state index is 0.258. The van der Waals surface area contributed by atoms with Crippen LogP contribution in [0.2, 0.25) is 0 Å². The first-order valence-electron chi connectivity index (χ1n) is 3.72. The molecule has 0 bridgehead atoms. The summed E-state index contributed by atoms with van der Waals surface area (Å²) >= 11 is 0. The lowest BCUT2D eigenvalue weighted by atomic mass is 10.4. The van der Waals surface area contributed by atoms with E-state index in [2.05, 4.69) is 4.18 Å². The van der Waals surface area contributed by atoms with Crippen molar-refractivity contribution in [2.45, 2.75) is 31.7 Å². The fourth-order valence-corrected chi connectivity index (χ4v) is 1.24. The van der Waals surface area contributed by atoms with Crippen molar-refractivity contribution in [1.29, 1.82) is 0 Å². The van der Waals surface area contributed by atoms with E-state index >= 15 is 0 Å². The molecule has 0 aromatic carbocycles. The summed E-state index contributed by atoms with van der Waals surface area (Å²) in [5, 5.41) is 0. The van der Waals surface area contributed by atoms with Gasteiger partial charge in [0.25, 0.3) is 11.9 Å². The van der Waals surface area contributed by atoms with Gasteiger partial charge in [0.1, 0.15) is 0 Å². The quantitative estimate of drug-likeness (QED) is 0.505. The van der Waals surface area contributed by atoms with E-state index in [0.717, 1.165) is 0 Å². The zero-order valence-corrected chi connectivity index (χ0v) is 7.86. The number of hydrogen-bond donors (Lipinski definition) is 0. The van der Waals surface area contributed by atoms with Crippen molar-refractivity contribution in [1.82, 2.24) is 0 Å². The molecule has 0 fully saturated rings. The van der Waals surface area contributed by atoms with Gasteiger partial charge in [-0.3, -0.25) is 4.18 Å². The minimum atomic E-state index is -4.75. The highest BCUT2D eigenvalue weighted by molar-refractivity contribution is 7.87. The number of hydrogen-bond acceptors (Lipinski definition) is 3. The molecule has 1 atom stereocenters. The molecule has 0 N–H and O–H groups in total. The summed E-state index contributed by atoms with van der Waals surface area (Å²) in [6.45, 7) is 1.50. The second-order valence-corrected chi connectivity index (χ2v) is 4.03. The van der Waals surface area contributed by atoms with Crippen molar-refractivity contribution in [2.24, 2.45) is 0 Å². The van der Waals surface area contributed by atoms with Gasteiger partial charge >= 0.3 is 10.1 Å². The molecular weight excluding hydrogens is 209 g/mol. The summed E-state index contributed by atoms with van der Waals surface area (Å²) in [6, 6.07) is 0. The minimum Gasteiger partial charge on any atom is -0.268 e.